The molecule has 7 heteroatoms. The van der Waals surface area contributed by atoms with Gasteiger partial charge in [0.05, 0.1) is 21.1 Å². The van der Waals surface area contributed by atoms with Crippen molar-refractivity contribution in [2.45, 2.75) is 18.8 Å². The molecule has 0 saturated heterocycles. The predicted molar refractivity (Wildman–Crippen MR) is 106 cm³/mol. The standard InChI is InChI=1S/C17H21N3OS.2ClH/c1-18-10-11-19-16(21)12-6-2-3-7-13(12)17-20-14-8-4-5-9-15(14)22-17;;/h2-5,8-9,12-13,18H,6-7,10-11H2,1H3,(H,19,21);2*1H. The van der Waals surface area contributed by atoms with Gasteiger partial charge in [0.25, 0.3) is 0 Å². The summed E-state index contributed by atoms with van der Waals surface area (Å²) in [6.07, 6.45) is 5.98. The highest BCUT2D eigenvalue weighted by atomic mass is 35.5. The van der Waals surface area contributed by atoms with Crippen molar-refractivity contribution in [2.24, 2.45) is 5.92 Å². The normalized spacial score (nSPS) is 19.4. The summed E-state index contributed by atoms with van der Waals surface area (Å²) in [5.41, 5.74) is 1.03. The van der Waals surface area contributed by atoms with E-state index in [9.17, 15) is 4.79 Å². The molecule has 2 N–H and O–H groups in total. The summed E-state index contributed by atoms with van der Waals surface area (Å²) in [4.78, 5) is 17.2. The number of amides is 1. The van der Waals surface area contributed by atoms with Crippen molar-refractivity contribution in [2.75, 3.05) is 20.1 Å². The molecular formula is C17H23Cl2N3OS. The van der Waals surface area contributed by atoms with Crippen LogP contribution in [-0.2, 0) is 4.79 Å². The quantitative estimate of drug-likeness (QED) is 0.609. The van der Waals surface area contributed by atoms with Crippen LogP contribution in [-0.4, -0.2) is 31.0 Å². The molecule has 1 aliphatic rings. The lowest BCUT2D eigenvalue weighted by Crippen LogP contribution is -2.38. The first-order chi connectivity index (χ1) is 10.8. The number of thiazole rings is 1. The highest BCUT2D eigenvalue weighted by Crippen LogP contribution is 2.38. The number of rotatable bonds is 5. The fraction of sp³-hybridized carbons (Fsp3) is 0.412. The van der Waals surface area contributed by atoms with E-state index in [4.69, 9.17) is 4.98 Å². The van der Waals surface area contributed by atoms with Gasteiger partial charge < -0.3 is 10.6 Å². The van der Waals surface area contributed by atoms with Gasteiger partial charge in [-0.05, 0) is 32.0 Å². The summed E-state index contributed by atoms with van der Waals surface area (Å²) in [5.74, 6) is 0.322. The van der Waals surface area contributed by atoms with E-state index in [1.54, 1.807) is 11.3 Å². The van der Waals surface area contributed by atoms with Gasteiger partial charge in [0.15, 0.2) is 0 Å². The van der Waals surface area contributed by atoms with E-state index in [0.717, 1.165) is 29.9 Å². The van der Waals surface area contributed by atoms with Crippen LogP contribution in [0.1, 0.15) is 23.8 Å². The van der Waals surface area contributed by atoms with Crippen molar-refractivity contribution >= 4 is 52.3 Å². The largest absolute Gasteiger partial charge is 0.355 e. The predicted octanol–water partition coefficient (Wildman–Crippen LogP) is 3.53. The number of nitrogens with one attached hydrogen (secondary N) is 2. The minimum absolute atomic E-state index is 0. The van der Waals surface area contributed by atoms with Crippen LogP contribution in [0.5, 0.6) is 0 Å². The molecule has 1 aliphatic carbocycles. The summed E-state index contributed by atoms with van der Waals surface area (Å²) in [7, 11) is 1.89. The Morgan fingerprint density at radius 2 is 1.96 bits per heavy atom. The van der Waals surface area contributed by atoms with Crippen LogP contribution in [0.25, 0.3) is 10.2 Å². The molecule has 0 aliphatic heterocycles. The molecule has 0 spiro atoms. The minimum atomic E-state index is -0.0116. The molecular weight excluding hydrogens is 365 g/mol. The molecule has 132 valence electrons. The molecule has 0 bridgehead atoms. The number of halogens is 2. The van der Waals surface area contributed by atoms with Crippen LogP contribution < -0.4 is 10.6 Å². The first-order valence-electron chi connectivity index (χ1n) is 7.72. The Balaban J connectivity index is 0.00000144. The Labute approximate surface area is 158 Å². The first kappa shape index (κ1) is 20.9. The molecule has 1 aromatic heterocycles. The van der Waals surface area contributed by atoms with Crippen molar-refractivity contribution in [1.82, 2.24) is 15.6 Å². The lowest BCUT2D eigenvalue weighted by molar-refractivity contribution is -0.125. The zero-order chi connectivity index (χ0) is 15.4. The molecule has 0 fully saturated rings. The van der Waals surface area contributed by atoms with Crippen LogP contribution >= 0.6 is 36.2 Å². The summed E-state index contributed by atoms with van der Waals surface area (Å²) < 4.78 is 1.20. The number of benzene rings is 1. The molecule has 2 atom stereocenters. The van der Waals surface area contributed by atoms with E-state index in [1.807, 2.05) is 25.2 Å². The smallest absolute Gasteiger partial charge is 0.224 e. The number of hydrogen-bond donors (Lipinski definition) is 2. The maximum atomic E-state index is 12.5. The van der Waals surface area contributed by atoms with Crippen molar-refractivity contribution in [3.05, 3.63) is 41.4 Å². The molecule has 0 saturated carbocycles. The Morgan fingerprint density at radius 1 is 1.21 bits per heavy atom. The third kappa shape index (κ3) is 4.70. The third-order valence-electron chi connectivity index (χ3n) is 4.07. The van der Waals surface area contributed by atoms with E-state index in [-0.39, 0.29) is 42.6 Å². The van der Waals surface area contributed by atoms with Gasteiger partial charge in [0, 0.05) is 19.0 Å². The van der Waals surface area contributed by atoms with Gasteiger partial charge >= 0.3 is 0 Å². The number of likely N-dealkylation sites (N-methyl/N-ethyl adjacent to an activating group) is 1. The van der Waals surface area contributed by atoms with E-state index >= 15 is 0 Å². The average Bonchev–Trinajstić information content (AvgIpc) is 2.99. The molecule has 2 unspecified atom stereocenters. The van der Waals surface area contributed by atoms with Gasteiger partial charge in [-0.15, -0.1) is 36.2 Å². The second kappa shape index (κ2) is 9.99. The number of carbonyl (C=O) groups is 1. The molecule has 24 heavy (non-hydrogen) atoms. The van der Waals surface area contributed by atoms with Crippen LogP contribution in [0.2, 0.25) is 0 Å². The molecule has 1 aromatic carbocycles. The number of hydrogen-bond acceptors (Lipinski definition) is 4. The van der Waals surface area contributed by atoms with Crippen molar-refractivity contribution in [3.8, 4) is 0 Å². The molecule has 1 amide bonds. The summed E-state index contributed by atoms with van der Waals surface area (Å²) >= 11 is 1.72. The Kier molecular flexibility index (Phi) is 8.70. The maximum absolute atomic E-state index is 12.5. The fourth-order valence-corrected chi connectivity index (χ4v) is 4.01. The van der Waals surface area contributed by atoms with Crippen LogP contribution in [0.4, 0.5) is 0 Å². The van der Waals surface area contributed by atoms with E-state index in [0.29, 0.717) is 6.54 Å². The zero-order valence-electron chi connectivity index (χ0n) is 13.5. The minimum Gasteiger partial charge on any atom is -0.355 e. The topological polar surface area (TPSA) is 54.0 Å². The zero-order valence-corrected chi connectivity index (χ0v) is 16.0. The number of nitrogens with zero attached hydrogens (tertiary/aromatic N) is 1. The number of fused-ring (bicyclic) bond motifs is 1. The lowest BCUT2D eigenvalue weighted by atomic mass is 9.82. The van der Waals surface area contributed by atoms with Crippen LogP contribution in [0.3, 0.4) is 0 Å². The second-order valence-corrected chi connectivity index (χ2v) is 6.63. The van der Waals surface area contributed by atoms with Gasteiger partial charge in [0.1, 0.15) is 0 Å². The highest BCUT2D eigenvalue weighted by Gasteiger charge is 2.32. The van der Waals surface area contributed by atoms with E-state index in [1.165, 1.54) is 4.70 Å². The SMILES string of the molecule is CNCCNC(=O)C1CC=CCC1c1nc2ccccc2s1.Cl.Cl. The van der Waals surface area contributed by atoms with Gasteiger partial charge in [-0.1, -0.05) is 24.3 Å². The Morgan fingerprint density at radius 3 is 2.71 bits per heavy atom. The van der Waals surface area contributed by atoms with Gasteiger partial charge in [-0.3, -0.25) is 4.79 Å². The van der Waals surface area contributed by atoms with Gasteiger partial charge in [-0.2, -0.15) is 0 Å². The molecule has 2 aromatic rings. The molecule has 4 nitrogen and oxygen atoms in total. The average molecular weight is 388 g/mol. The molecule has 0 radical (unpaired) electrons. The Hall–Kier alpha value is -1.14. The third-order valence-corrected chi connectivity index (χ3v) is 5.24. The van der Waals surface area contributed by atoms with Crippen molar-refractivity contribution < 1.29 is 4.79 Å². The number of aromatic nitrogens is 1. The first-order valence-corrected chi connectivity index (χ1v) is 8.54. The van der Waals surface area contributed by atoms with Crippen molar-refractivity contribution in [3.63, 3.8) is 0 Å². The van der Waals surface area contributed by atoms with Crippen LogP contribution in [0, 0.1) is 5.92 Å². The monoisotopic (exact) mass is 387 g/mol. The highest BCUT2D eigenvalue weighted by molar-refractivity contribution is 7.18. The maximum Gasteiger partial charge on any atom is 0.224 e. The second-order valence-electron chi connectivity index (χ2n) is 5.57. The number of para-hydroxylation sites is 1. The summed E-state index contributed by atoms with van der Waals surface area (Å²) in [5, 5.41) is 7.16. The van der Waals surface area contributed by atoms with E-state index in [2.05, 4.69) is 28.9 Å². The molecule has 3 rings (SSSR count). The van der Waals surface area contributed by atoms with Gasteiger partial charge in [0.2, 0.25) is 5.91 Å². The van der Waals surface area contributed by atoms with Gasteiger partial charge in [-0.25, -0.2) is 4.98 Å². The van der Waals surface area contributed by atoms with Crippen molar-refractivity contribution in [1.29, 1.82) is 0 Å². The summed E-state index contributed by atoms with van der Waals surface area (Å²) in [6, 6.07) is 8.18. The number of carbonyl (C=O) groups excluding carboxylic acids is 1. The van der Waals surface area contributed by atoms with Crippen LogP contribution in [0.15, 0.2) is 36.4 Å². The fourth-order valence-electron chi connectivity index (χ4n) is 2.87. The molecule has 1 heterocycles. The Bertz CT molecular complexity index is 656. The van der Waals surface area contributed by atoms with E-state index < -0.39 is 0 Å². The summed E-state index contributed by atoms with van der Waals surface area (Å²) in [6.45, 7) is 1.46. The number of allylic oxidation sites excluding steroid dienone is 2. The lowest BCUT2D eigenvalue weighted by Gasteiger charge is -2.26.